The lowest BCUT2D eigenvalue weighted by Crippen LogP contribution is -2.42. The highest BCUT2D eigenvalue weighted by Crippen LogP contribution is 2.19. The van der Waals surface area contributed by atoms with E-state index in [1.54, 1.807) is 0 Å². The van der Waals surface area contributed by atoms with E-state index >= 15 is 0 Å². The van der Waals surface area contributed by atoms with Crippen LogP contribution >= 0.6 is 0 Å². The van der Waals surface area contributed by atoms with Crippen LogP contribution in [-0.4, -0.2) is 23.4 Å². The summed E-state index contributed by atoms with van der Waals surface area (Å²) >= 11 is 0. The highest BCUT2D eigenvalue weighted by atomic mass is 16.2. The van der Waals surface area contributed by atoms with Gasteiger partial charge in [0.1, 0.15) is 0 Å². The first kappa shape index (κ1) is 12.0. The maximum atomic E-state index is 12.2. The quantitative estimate of drug-likeness (QED) is 0.795. The number of hydrogen-bond donors (Lipinski definition) is 1. The van der Waals surface area contributed by atoms with Crippen molar-refractivity contribution in [2.75, 3.05) is 12.3 Å². The fraction of sp³-hybridized carbons (Fsp3) is 0.500. The molecule has 1 aliphatic heterocycles. The molecule has 0 unspecified atom stereocenters. The summed E-state index contributed by atoms with van der Waals surface area (Å²) in [5.74, 6) is 0.204. The molecule has 2 rings (SSSR count). The van der Waals surface area contributed by atoms with E-state index in [1.165, 1.54) is 6.42 Å². The summed E-state index contributed by atoms with van der Waals surface area (Å²) in [6, 6.07) is 7.98. The average molecular weight is 232 g/mol. The molecule has 2 N–H and O–H groups in total. The number of nitrogens with zero attached hydrogens (tertiary/aromatic N) is 1. The summed E-state index contributed by atoms with van der Waals surface area (Å²) in [5, 5.41) is 0. The molecule has 0 spiro atoms. The molecule has 1 atom stereocenters. The first-order valence-electron chi connectivity index (χ1n) is 6.31. The molecule has 0 aromatic heterocycles. The molecule has 3 nitrogen and oxygen atoms in total. The molecule has 17 heavy (non-hydrogen) atoms. The second-order valence-corrected chi connectivity index (χ2v) is 4.81. The predicted octanol–water partition coefficient (Wildman–Crippen LogP) is 2.21. The smallest absolute Gasteiger partial charge is 0.227 e. The highest BCUT2D eigenvalue weighted by Gasteiger charge is 2.23. The van der Waals surface area contributed by atoms with Crippen molar-refractivity contribution in [2.45, 2.75) is 38.6 Å². The van der Waals surface area contributed by atoms with Gasteiger partial charge in [-0.3, -0.25) is 4.79 Å². The molecular weight excluding hydrogens is 212 g/mol. The molecule has 0 bridgehead atoms. The summed E-state index contributed by atoms with van der Waals surface area (Å²) in [5.41, 5.74) is 7.52. The standard InChI is InChI=1S/C14H20N2O/c1-11-6-4-5-9-16(11)14(17)10-12-7-2-3-8-13(12)15/h2-3,7-8,11H,4-6,9-10,15H2,1H3/t11-/m1/s1. The molecule has 1 fully saturated rings. The van der Waals surface area contributed by atoms with E-state index in [4.69, 9.17) is 5.73 Å². The molecule has 1 heterocycles. The van der Waals surface area contributed by atoms with Crippen LogP contribution < -0.4 is 5.73 Å². The normalized spacial score (nSPS) is 20.3. The van der Waals surface area contributed by atoms with Gasteiger partial charge in [0.15, 0.2) is 0 Å². The van der Waals surface area contributed by atoms with Crippen molar-refractivity contribution >= 4 is 11.6 Å². The summed E-state index contributed by atoms with van der Waals surface area (Å²) in [4.78, 5) is 14.2. The van der Waals surface area contributed by atoms with Gasteiger partial charge < -0.3 is 10.6 Å². The van der Waals surface area contributed by atoms with Crippen LogP contribution in [0, 0.1) is 0 Å². The predicted molar refractivity (Wildman–Crippen MR) is 69.6 cm³/mol. The molecule has 1 aromatic rings. The number of anilines is 1. The van der Waals surface area contributed by atoms with E-state index in [0.29, 0.717) is 18.2 Å². The fourth-order valence-electron chi connectivity index (χ4n) is 2.43. The van der Waals surface area contributed by atoms with Crippen LogP contribution in [0.25, 0.3) is 0 Å². The van der Waals surface area contributed by atoms with Crippen LogP contribution in [0.1, 0.15) is 31.7 Å². The number of piperidine rings is 1. The summed E-state index contributed by atoms with van der Waals surface area (Å²) in [7, 11) is 0. The SMILES string of the molecule is C[C@@H]1CCCCN1C(=O)Cc1ccccc1N. The van der Waals surface area contributed by atoms with Crippen LogP contribution in [-0.2, 0) is 11.2 Å². The Morgan fingerprint density at radius 3 is 2.88 bits per heavy atom. The maximum Gasteiger partial charge on any atom is 0.227 e. The first-order valence-corrected chi connectivity index (χ1v) is 6.31. The Balaban J connectivity index is 2.03. The van der Waals surface area contributed by atoms with Crippen LogP contribution in [0.15, 0.2) is 24.3 Å². The van der Waals surface area contributed by atoms with E-state index in [1.807, 2.05) is 29.2 Å². The Hall–Kier alpha value is -1.51. The van der Waals surface area contributed by atoms with Gasteiger partial charge in [-0.05, 0) is 37.8 Å². The number of hydrogen-bond acceptors (Lipinski definition) is 2. The maximum absolute atomic E-state index is 12.2. The van der Waals surface area contributed by atoms with Gasteiger partial charge >= 0.3 is 0 Å². The molecule has 1 amide bonds. The Morgan fingerprint density at radius 2 is 2.18 bits per heavy atom. The minimum Gasteiger partial charge on any atom is -0.398 e. The first-order chi connectivity index (χ1) is 8.18. The van der Waals surface area contributed by atoms with Crippen LogP contribution in [0.2, 0.25) is 0 Å². The van der Waals surface area contributed by atoms with E-state index in [9.17, 15) is 4.79 Å². The van der Waals surface area contributed by atoms with Crippen LogP contribution in [0.3, 0.4) is 0 Å². The van der Waals surface area contributed by atoms with Gasteiger partial charge in [-0.2, -0.15) is 0 Å². The molecule has 0 radical (unpaired) electrons. The van der Waals surface area contributed by atoms with Crippen molar-refractivity contribution in [3.8, 4) is 0 Å². The summed E-state index contributed by atoms with van der Waals surface area (Å²) in [6.07, 6.45) is 3.91. The molecule has 1 saturated heterocycles. The minimum atomic E-state index is 0.204. The second-order valence-electron chi connectivity index (χ2n) is 4.81. The van der Waals surface area contributed by atoms with Crippen molar-refractivity contribution in [3.63, 3.8) is 0 Å². The molecule has 92 valence electrons. The van der Waals surface area contributed by atoms with Crippen molar-refractivity contribution < 1.29 is 4.79 Å². The van der Waals surface area contributed by atoms with Crippen molar-refractivity contribution in [2.24, 2.45) is 0 Å². The molecule has 1 aromatic carbocycles. The number of amides is 1. The molecule has 0 saturated carbocycles. The van der Waals surface area contributed by atoms with Gasteiger partial charge in [0.25, 0.3) is 0 Å². The van der Waals surface area contributed by atoms with E-state index < -0.39 is 0 Å². The third kappa shape index (κ3) is 2.78. The number of nitrogen functional groups attached to an aromatic ring is 1. The van der Waals surface area contributed by atoms with Gasteiger partial charge in [-0.25, -0.2) is 0 Å². The van der Waals surface area contributed by atoms with Crippen LogP contribution in [0.4, 0.5) is 5.69 Å². The number of nitrogens with two attached hydrogens (primary N) is 1. The molecule has 0 aliphatic carbocycles. The van der Waals surface area contributed by atoms with Crippen LogP contribution in [0.5, 0.6) is 0 Å². The molecule has 3 heteroatoms. The van der Waals surface area contributed by atoms with Crippen molar-refractivity contribution in [3.05, 3.63) is 29.8 Å². The van der Waals surface area contributed by atoms with Gasteiger partial charge in [0.05, 0.1) is 6.42 Å². The third-order valence-corrected chi connectivity index (χ3v) is 3.52. The minimum absolute atomic E-state index is 0.204. The Labute approximate surface area is 103 Å². The molecular formula is C14H20N2O. The number of likely N-dealkylation sites (tertiary alicyclic amines) is 1. The number of carbonyl (C=O) groups excluding carboxylic acids is 1. The second kappa shape index (κ2) is 5.21. The zero-order valence-electron chi connectivity index (χ0n) is 10.4. The topological polar surface area (TPSA) is 46.3 Å². The van der Waals surface area contributed by atoms with Crippen molar-refractivity contribution in [1.82, 2.24) is 4.90 Å². The summed E-state index contributed by atoms with van der Waals surface area (Å²) < 4.78 is 0. The van der Waals surface area contributed by atoms with E-state index in [2.05, 4.69) is 6.92 Å². The zero-order chi connectivity index (χ0) is 12.3. The van der Waals surface area contributed by atoms with Crippen molar-refractivity contribution in [1.29, 1.82) is 0 Å². The average Bonchev–Trinajstić information content (AvgIpc) is 2.32. The van der Waals surface area contributed by atoms with Gasteiger partial charge in [0.2, 0.25) is 5.91 Å². The largest absolute Gasteiger partial charge is 0.398 e. The fourth-order valence-corrected chi connectivity index (χ4v) is 2.43. The van der Waals surface area contributed by atoms with E-state index in [-0.39, 0.29) is 5.91 Å². The Bertz CT molecular complexity index is 403. The number of para-hydroxylation sites is 1. The number of rotatable bonds is 2. The Kier molecular flexibility index (Phi) is 3.67. The van der Waals surface area contributed by atoms with E-state index in [0.717, 1.165) is 24.9 Å². The van der Waals surface area contributed by atoms with Gasteiger partial charge in [-0.15, -0.1) is 0 Å². The van der Waals surface area contributed by atoms with Gasteiger partial charge in [-0.1, -0.05) is 18.2 Å². The number of carbonyl (C=O) groups is 1. The Morgan fingerprint density at radius 1 is 1.41 bits per heavy atom. The lowest BCUT2D eigenvalue weighted by atomic mass is 10.0. The lowest BCUT2D eigenvalue weighted by Gasteiger charge is -2.33. The summed E-state index contributed by atoms with van der Waals surface area (Å²) in [6.45, 7) is 3.03. The molecule has 1 aliphatic rings. The number of benzene rings is 1. The zero-order valence-corrected chi connectivity index (χ0v) is 10.4. The highest BCUT2D eigenvalue weighted by molar-refractivity contribution is 5.80. The lowest BCUT2D eigenvalue weighted by molar-refractivity contribution is -0.133. The van der Waals surface area contributed by atoms with Gasteiger partial charge in [0, 0.05) is 18.3 Å². The third-order valence-electron chi connectivity index (χ3n) is 3.52. The monoisotopic (exact) mass is 232 g/mol.